The minimum absolute atomic E-state index is 0.0745. The topological polar surface area (TPSA) is 87.7 Å². The van der Waals surface area contributed by atoms with Gasteiger partial charge in [-0.3, -0.25) is 4.79 Å². The average molecular weight is 335 g/mol. The van der Waals surface area contributed by atoms with Gasteiger partial charge in [-0.25, -0.2) is 0 Å². The van der Waals surface area contributed by atoms with Crippen molar-refractivity contribution in [3.63, 3.8) is 0 Å². The van der Waals surface area contributed by atoms with Gasteiger partial charge in [0.15, 0.2) is 0 Å². The molecule has 1 aromatic rings. The van der Waals surface area contributed by atoms with E-state index in [4.69, 9.17) is 22.5 Å². The van der Waals surface area contributed by atoms with Gasteiger partial charge in [0, 0.05) is 22.0 Å². The summed E-state index contributed by atoms with van der Waals surface area (Å²) in [5.74, 6) is -0.424. The van der Waals surface area contributed by atoms with Gasteiger partial charge in [0.05, 0.1) is 5.56 Å². The molecule has 0 radical (unpaired) electrons. The maximum atomic E-state index is 11.9. The van der Waals surface area contributed by atoms with Gasteiger partial charge in [0.2, 0.25) is 0 Å². The fourth-order valence-electron chi connectivity index (χ4n) is 1.22. The molecule has 1 atom stereocenters. The van der Waals surface area contributed by atoms with Crippen LogP contribution in [0.1, 0.15) is 17.3 Å². The van der Waals surface area contributed by atoms with Crippen molar-refractivity contribution in [2.24, 2.45) is 16.8 Å². The van der Waals surface area contributed by atoms with E-state index >= 15 is 0 Å². The van der Waals surface area contributed by atoms with Crippen molar-refractivity contribution in [1.82, 2.24) is 5.32 Å². The van der Waals surface area contributed by atoms with Gasteiger partial charge in [-0.2, -0.15) is 0 Å². The van der Waals surface area contributed by atoms with Crippen LogP contribution in [-0.4, -0.2) is 23.5 Å². The second-order valence-corrected chi connectivity index (χ2v) is 5.05. The zero-order valence-electron chi connectivity index (χ0n) is 9.65. The molecule has 0 saturated heterocycles. The van der Waals surface area contributed by atoms with Gasteiger partial charge in [0.25, 0.3) is 5.91 Å². The molecule has 1 unspecified atom stereocenters. The largest absolute Gasteiger partial charge is 0.409 e. The molecule has 0 saturated carbocycles. The van der Waals surface area contributed by atoms with Gasteiger partial charge in [-0.15, -0.1) is 0 Å². The van der Waals surface area contributed by atoms with E-state index in [2.05, 4.69) is 26.4 Å². The van der Waals surface area contributed by atoms with Crippen molar-refractivity contribution in [2.75, 3.05) is 6.54 Å². The number of carbonyl (C=O) groups excluding carboxylic acids is 1. The summed E-state index contributed by atoms with van der Waals surface area (Å²) in [5.41, 5.74) is 5.89. The predicted octanol–water partition coefficient (Wildman–Crippen LogP) is 2.21. The Labute approximate surface area is 118 Å². The van der Waals surface area contributed by atoms with Crippen LogP contribution in [0.25, 0.3) is 0 Å². The molecule has 1 aromatic carbocycles. The number of nitrogens with two attached hydrogens (primary N) is 1. The number of amides is 1. The van der Waals surface area contributed by atoms with Crippen LogP contribution in [0.5, 0.6) is 0 Å². The number of benzene rings is 1. The molecule has 0 aliphatic carbocycles. The Morgan fingerprint density at radius 2 is 2.33 bits per heavy atom. The second kappa shape index (κ2) is 6.61. The van der Waals surface area contributed by atoms with Crippen molar-refractivity contribution < 1.29 is 10.0 Å². The number of halogens is 2. The summed E-state index contributed by atoms with van der Waals surface area (Å²) in [7, 11) is 0. The van der Waals surface area contributed by atoms with Gasteiger partial charge in [-0.05, 0) is 34.1 Å². The van der Waals surface area contributed by atoms with Crippen LogP contribution in [0.3, 0.4) is 0 Å². The molecule has 1 amide bonds. The summed E-state index contributed by atoms with van der Waals surface area (Å²) in [5, 5.41) is 14.6. The molecule has 0 heterocycles. The molecule has 0 bridgehead atoms. The van der Waals surface area contributed by atoms with Crippen molar-refractivity contribution in [3.8, 4) is 0 Å². The first-order valence-corrected chi connectivity index (χ1v) is 6.33. The molecular weight excluding hydrogens is 321 g/mol. The van der Waals surface area contributed by atoms with E-state index in [9.17, 15) is 4.79 Å². The minimum Gasteiger partial charge on any atom is -0.409 e. The Morgan fingerprint density at radius 1 is 1.67 bits per heavy atom. The number of nitrogens with one attached hydrogen (secondary N) is 1. The van der Waals surface area contributed by atoms with E-state index in [-0.39, 0.29) is 24.2 Å². The van der Waals surface area contributed by atoms with Crippen LogP contribution in [-0.2, 0) is 0 Å². The van der Waals surface area contributed by atoms with Gasteiger partial charge < -0.3 is 16.3 Å². The van der Waals surface area contributed by atoms with Gasteiger partial charge >= 0.3 is 0 Å². The van der Waals surface area contributed by atoms with Crippen molar-refractivity contribution >= 4 is 39.3 Å². The summed E-state index contributed by atoms with van der Waals surface area (Å²) >= 11 is 9.05. The highest BCUT2D eigenvalue weighted by molar-refractivity contribution is 9.10. The van der Waals surface area contributed by atoms with Crippen LogP contribution in [0.15, 0.2) is 27.8 Å². The molecule has 5 nitrogen and oxygen atoms in total. The van der Waals surface area contributed by atoms with E-state index in [0.717, 1.165) is 0 Å². The number of amidine groups is 1. The third-order valence-electron chi connectivity index (χ3n) is 2.36. The lowest BCUT2D eigenvalue weighted by molar-refractivity contribution is 0.0950. The van der Waals surface area contributed by atoms with E-state index in [0.29, 0.717) is 15.1 Å². The highest BCUT2D eigenvalue weighted by Gasteiger charge is 2.13. The van der Waals surface area contributed by atoms with Crippen LogP contribution < -0.4 is 11.1 Å². The van der Waals surface area contributed by atoms with Crippen molar-refractivity contribution in [2.45, 2.75) is 6.92 Å². The van der Waals surface area contributed by atoms with Gasteiger partial charge in [0.1, 0.15) is 5.84 Å². The molecule has 0 aliphatic heterocycles. The zero-order valence-corrected chi connectivity index (χ0v) is 12.0. The summed E-state index contributed by atoms with van der Waals surface area (Å²) in [6.45, 7) is 2.02. The molecule has 1 rings (SSSR count). The van der Waals surface area contributed by atoms with Crippen LogP contribution in [0, 0.1) is 5.92 Å². The lowest BCUT2D eigenvalue weighted by atomic mass is 10.1. The molecule has 0 fully saturated rings. The smallest absolute Gasteiger partial charge is 0.252 e. The van der Waals surface area contributed by atoms with Crippen molar-refractivity contribution in [3.05, 3.63) is 33.3 Å². The normalized spacial score (nSPS) is 13.2. The molecule has 4 N–H and O–H groups in total. The third-order valence-corrected chi connectivity index (χ3v) is 3.26. The molecular formula is C11H13BrClN3O2. The zero-order chi connectivity index (χ0) is 13.7. The van der Waals surface area contributed by atoms with Crippen LogP contribution in [0.4, 0.5) is 0 Å². The average Bonchev–Trinajstić information content (AvgIpc) is 2.34. The van der Waals surface area contributed by atoms with E-state index < -0.39 is 0 Å². The summed E-state index contributed by atoms with van der Waals surface area (Å²) in [6, 6.07) is 4.90. The maximum absolute atomic E-state index is 11.9. The lowest BCUT2D eigenvalue weighted by Gasteiger charge is -2.11. The molecule has 0 aromatic heterocycles. The Morgan fingerprint density at radius 3 is 2.89 bits per heavy atom. The summed E-state index contributed by atoms with van der Waals surface area (Å²) in [6.07, 6.45) is 0. The van der Waals surface area contributed by atoms with Crippen molar-refractivity contribution in [1.29, 1.82) is 0 Å². The summed E-state index contributed by atoms with van der Waals surface area (Å²) in [4.78, 5) is 11.9. The van der Waals surface area contributed by atoms with E-state index in [1.807, 2.05) is 0 Å². The Bertz CT molecular complexity index is 479. The van der Waals surface area contributed by atoms with E-state index in [1.165, 1.54) is 0 Å². The Kier molecular flexibility index (Phi) is 5.43. The number of hydrogen-bond acceptors (Lipinski definition) is 3. The first kappa shape index (κ1) is 14.8. The lowest BCUT2D eigenvalue weighted by Crippen LogP contribution is -2.34. The Balaban J connectivity index is 2.66. The predicted molar refractivity (Wildman–Crippen MR) is 74.1 cm³/mol. The third kappa shape index (κ3) is 3.89. The van der Waals surface area contributed by atoms with Crippen LogP contribution >= 0.6 is 27.5 Å². The first-order chi connectivity index (χ1) is 8.45. The quantitative estimate of drug-likeness (QED) is 0.341. The number of carbonyl (C=O) groups is 1. The summed E-state index contributed by atoms with van der Waals surface area (Å²) < 4.78 is 0.615. The standard InChI is InChI=1S/C11H13BrClN3O2/c1-6(10(14)16-18)5-15-11(17)8-3-2-7(13)4-9(8)12/h2-4,6,18H,5H2,1H3,(H2,14,16)(H,15,17). The molecule has 98 valence electrons. The molecule has 0 aliphatic rings. The first-order valence-electron chi connectivity index (χ1n) is 5.16. The van der Waals surface area contributed by atoms with E-state index in [1.54, 1.807) is 25.1 Å². The number of nitrogens with zero attached hydrogens (tertiary/aromatic N) is 1. The fourth-order valence-corrected chi connectivity index (χ4v) is 2.08. The maximum Gasteiger partial charge on any atom is 0.252 e. The van der Waals surface area contributed by atoms with Gasteiger partial charge in [-0.1, -0.05) is 23.7 Å². The fraction of sp³-hybridized carbons (Fsp3) is 0.273. The highest BCUT2D eigenvalue weighted by atomic mass is 79.9. The van der Waals surface area contributed by atoms with Crippen LogP contribution in [0.2, 0.25) is 5.02 Å². The molecule has 18 heavy (non-hydrogen) atoms. The molecule has 0 spiro atoms. The second-order valence-electron chi connectivity index (χ2n) is 3.76. The minimum atomic E-state index is -0.254. The number of hydrogen-bond donors (Lipinski definition) is 3. The molecule has 7 heteroatoms. The number of oxime groups is 1. The SMILES string of the molecule is CC(CNC(=O)c1ccc(Cl)cc1Br)/C(N)=N/O. The highest BCUT2D eigenvalue weighted by Crippen LogP contribution is 2.21. The Hall–Kier alpha value is -1.27. The monoisotopic (exact) mass is 333 g/mol. The number of rotatable bonds is 4.